The van der Waals surface area contributed by atoms with Crippen LogP contribution in [-0.2, 0) is 30.7 Å². The first kappa shape index (κ1) is 17.7. The third-order valence-corrected chi connectivity index (χ3v) is 5.33. The number of hydrogen-bond acceptors (Lipinski definition) is 7. The van der Waals surface area contributed by atoms with Crippen molar-refractivity contribution in [3.63, 3.8) is 0 Å². The van der Waals surface area contributed by atoms with E-state index in [1.165, 1.54) is 5.56 Å². The van der Waals surface area contributed by atoms with Crippen LogP contribution in [0.5, 0.6) is 0 Å². The Labute approximate surface area is 161 Å². The van der Waals surface area contributed by atoms with Gasteiger partial charge in [0, 0.05) is 55.2 Å². The van der Waals surface area contributed by atoms with Gasteiger partial charge in [0.25, 0.3) is 0 Å². The molecule has 27 heavy (non-hydrogen) atoms. The maximum absolute atomic E-state index is 12.4. The first-order valence-electron chi connectivity index (χ1n) is 9.09. The summed E-state index contributed by atoms with van der Waals surface area (Å²) in [6, 6.07) is 6.04. The van der Waals surface area contributed by atoms with Gasteiger partial charge in [-0.1, -0.05) is 24.2 Å². The molecule has 1 amide bonds. The van der Waals surface area contributed by atoms with E-state index in [1.54, 1.807) is 11.3 Å². The third kappa shape index (κ3) is 4.00. The highest BCUT2D eigenvalue weighted by atomic mass is 32.1. The average molecular weight is 383 g/mol. The van der Waals surface area contributed by atoms with Gasteiger partial charge in [-0.25, -0.2) is 4.98 Å². The monoisotopic (exact) mass is 383 g/mol. The lowest BCUT2D eigenvalue weighted by molar-refractivity contribution is -0.116. The van der Waals surface area contributed by atoms with Gasteiger partial charge in [0.1, 0.15) is 0 Å². The number of amides is 1. The second kappa shape index (κ2) is 7.87. The van der Waals surface area contributed by atoms with E-state index in [0.717, 1.165) is 42.3 Å². The van der Waals surface area contributed by atoms with Crippen molar-refractivity contribution in [2.45, 2.75) is 45.7 Å². The van der Waals surface area contributed by atoms with Crippen LogP contribution < -0.4 is 10.2 Å². The summed E-state index contributed by atoms with van der Waals surface area (Å²) in [6.07, 6.45) is 4.34. The zero-order valence-corrected chi connectivity index (χ0v) is 16.0. The van der Waals surface area contributed by atoms with E-state index in [0.29, 0.717) is 24.6 Å². The molecule has 0 spiro atoms. The first-order chi connectivity index (χ1) is 13.2. The van der Waals surface area contributed by atoms with Crippen LogP contribution in [0.4, 0.5) is 10.8 Å². The minimum Gasteiger partial charge on any atom is -0.339 e. The number of nitrogens with one attached hydrogen (secondary N) is 1. The van der Waals surface area contributed by atoms with Crippen molar-refractivity contribution in [3.05, 3.63) is 52.6 Å². The van der Waals surface area contributed by atoms with E-state index in [1.807, 2.05) is 23.7 Å². The fraction of sp³-hybridized carbons (Fsp3) is 0.368. The van der Waals surface area contributed by atoms with Crippen LogP contribution in [0.2, 0.25) is 0 Å². The van der Waals surface area contributed by atoms with Crippen molar-refractivity contribution >= 4 is 28.1 Å². The Bertz CT molecular complexity index is 922. The molecule has 0 fully saturated rings. The normalized spacial score (nSPS) is 13.0. The van der Waals surface area contributed by atoms with Crippen molar-refractivity contribution in [2.75, 3.05) is 10.2 Å². The van der Waals surface area contributed by atoms with Gasteiger partial charge in [-0.2, -0.15) is 4.98 Å². The summed E-state index contributed by atoms with van der Waals surface area (Å²) in [5.74, 6) is 1.17. The van der Waals surface area contributed by atoms with Gasteiger partial charge >= 0.3 is 0 Å². The minimum atomic E-state index is -0.0497. The molecule has 1 N–H and O–H groups in total. The molecule has 2 aromatic heterocycles. The highest BCUT2D eigenvalue weighted by Crippen LogP contribution is 2.33. The number of carbonyl (C=O) groups excluding carboxylic acids is 1. The Balaban J connectivity index is 1.37. The summed E-state index contributed by atoms with van der Waals surface area (Å²) < 4.78 is 5.19. The maximum Gasteiger partial charge on any atom is 0.227 e. The van der Waals surface area contributed by atoms with Crippen molar-refractivity contribution in [1.82, 2.24) is 15.1 Å². The van der Waals surface area contributed by atoms with Crippen LogP contribution in [0, 0.1) is 0 Å². The van der Waals surface area contributed by atoms with Gasteiger partial charge in [-0.15, -0.1) is 11.3 Å². The molecular formula is C19H21N5O2S. The Hall–Kier alpha value is -2.74. The third-order valence-electron chi connectivity index (χ3n) is 4.50. The second-order valence-electron chi connectivity index (χ2n) is 6.52. The van der Waals surface area contributed by atoms with Crippen LogP contribution in [0.1, 0.15) is 42.6 Å². The van der Waals surface area contributed by atoms with Crippen molar-refractivity contribution in [3.8, 4) is 0 Å². The molecule has 0 bridgehead atoms. The van der Waals surface area contributed by atoms with E-state index in [9.17, 15) is 4.79 Å². The van der Waals surface area contributed by atoms with E-state index >= 15 is 0 Å². The average Bonchev–Trinajstić information content (AvgIpc) is 3.40. The lowest BCUT2D eigenvalue weighted by Crippen LogP contribution is -2.16. The zero-order chi connectivity index (χ0) is 18.6. The second-order valence-corrected chi connectivity index (χ2v) is 7.39. The summed E-state index contributed by atoms with van der Waals surface area (Å²) in [4.78, 5) is 23.3. The molecule has 0 radical (unpaired) electrons. The maximum atomic E-state index is 12.4. The molecule has 0 saturated heterocycles. The lowest BCUT2D eigenvalue weighted by Gasteiger charge is -2.13. The number of fused-ring (bicyclic) bond motifs is 1. The van der Waals surface area contributed by atoms with E-state index < -0.39 is 0 Å². The molecule has 0 saturated carbocycles. The van der Waals surface area contributed by atoms with Gasteiger partial charge in [-0.3, -0.25) is 4.79 Å². The van der Waals surface area contributed by atoms with E-state index in [2.05, 4.69) is 38.3 Å². The van der Waals surface area contributed by atoms with Crippen LogP contribution in [0.25, 0.3) is 0 Å². The van der Waals surface area contributed by atoms with Crippen molar-refractivity contribution in [2.24, 2.45) is 0 Å². The Morgan fingerprint density at radius 1 is 1.33 bits per heavy atom. The number of benzene rings is 1. The van der Waals surface area contributed by atoms with Gasteiger partial charge in [0.15, 0.2) is 11.0 Å². The quantitative estimate of drug-likeness (QED) is 0.671. The molecule has 4 rings (SSSR count). The summed E-state index contributed by atoms with van der Waals surface area (Å²) >= 11 is 1.63. The fourth-order valence-corrected chi connectivity index (χ4v) is 3.84. The number of aryl methyl sites for hydroxylation is 2. The topological polar surface area (TPSA) is 84.2 Å². The molecule has 0 unspecified atom stereocenters. The number of rotatable bonds is 7. The molecule has 7 nitrogen and oxygen atoms in total. The van der Waals surface area contributed by atoms with Crippen LogP contribution in [0.3, 0.4) is 0 Å². The molecule has 1 aliphatic heterocycles. The smallest absolute Gasteiger partial charge is 0.227 e. The van der Waals surface area contributed by atoms with Gasteiger partial charge in [0.05, 0.1) is 0 Å². The highest BCUT2D eigenvalue weighted by Gasteiger charge is 2.23. The Morgan fingerprint density at radius 3 is 3.07 bits per heavy atom. The summed E-state index contributed by atoms with van der Waals surface area (Å²) in [6.45, 7) is 3.63. The molecule has 1 aliphatic rings. The molecule has 1 aromatic carbocycles. The largest absolute Gasteiger partial charge is 0.339 e. The van der Waals surface area contributed by atoms with E-state index in [4.69, 9.17) is 4.52 Å². The van der Waals surface area contributed by atoms with Crippen LogP contribution in [-0.4, -0.2) is 21.0 Å². The summed E-state index contributed by atoms with van der Waals surface area (Å²) in [7, 11) is 0. The SMILES string of the molecule is CCCc1noc(CCC(=O)Nc2cccc3c2CN(c2nccs2)C3)n1. The van der Waals surface area contributed by atoms with Gasteiger partial charge < -0.3 is 14.7 Å². The van der Waals surface area contributed by atoms with Gasteiger partial charge in [0.2, 0.25) is 11.8 Å². The summed E-state index contributed by atoms with van der Waals surface area (Å²) in [5, 5.41) is 9.94. The number of thiazole rings is 1. The lowest BCUT2D eigenvalue weighted by atomic mass is 10.1. The van der Waals surface area contributed by atoms with Gasteiger partial charge in [-0.05, 0) is 18.1 Å². The standard InChI is InChI=1S/C19H21N5O2S/c1-2-4-16-22-18(26-23-16)8-7-17(25)21-15-6-3-5-13-11-24(12-14(13)15)19-20-9-10-27-19/h3,5-6,9-10H,2,4,7-8,11-12H2,1H3,(H,21,25). The predicted molar refractivity (Wildman–Crippen MR) is 104 cm³/mol. The Kier molecular flexibility index (Phi) is 5.15. The number of hydrogen-bond donors (Lipinski definition) is 1. The molecule has 0 atom stereocenters. The Morgan fingerprint density at radius 2 is 2.26 bits per heavy atom. The molecule has 140 valence electrons. The van der Waals surface area contributed by atoms with E-state index in [-0.39, 0.29) is 5.91 Å². The molecular weight excluding hydrogens is 362 g/mol. The molecule has 3 heterocycles. The predicted octanol–water partition coefficient (Wildman–Crippen LogP) is 3.57. The highest BCUT2D eigenvalue weighted by molar-refractivity contribution is 7.13. The molecule has 8 heteroatoms. The van der Waals surface area contributed by atoms with Crippen LogP contribution in [0.15, 0.2) is 34.3 Å². The van der Waals surface area contributed by atoms with Crippen molar-refractivity contribution in [1.29, 1.82) is 0 Å². The first-order valence-corrected chi connectivity index (χ1v) is 9.97. The molecule has 3 aromatic rings. The number of aromatic nitrogens is 3. The van der Waals surface area contributed by atoms with Crippen LogP contribution >= 0.6 is 11.3 Å². The summed E-state index contributed by atoms with van der Waals surface area (Å²) in [5.41, 5.74) is 3.25. The number of nitrogens with zero attached hydrogens (tertiary/aromatic N) is 4. The minimum absolute atomic E-state index is 0.0497. The number of carbonyl (C=O) groups is 1. The molecule has 0 aliphatic carbocycles. The van der Waals surface area contributed by atoms with Crippen molar-refractivity contribution < 1.29 is 9.32 Å². The number of anilines is 2. The fourth-order valence-electron chi connectivity index (χ4n) is 3.20. The zero-order valence-electron chi connectivity index (χ0n) is 15.1.